The van der Waals surface area contributed by atoms with Gasteiger partial charge in [-0.3, -0.25) is 14.5 Å². The molecular weight excluding hydrogens is 230 g/mol. The van der Waals surface area contributed by atoms with E-state index in [1.807, 2.05) is 13.8 Å². The van der Waals surface area contributed by atoms with Crippen molar-refractivity contribution in [3.05, 3.63) is 0 Å². The average Bonchev–Trinajstić information content (AvgIpc) is 2.77. The van der Waals surface area contributed by atoms with Crippen molar-refractivity contribution in [1.29, 1.82) is 0 Å². The van der Waals surface area contributed by atoms with Crippen LogP contribution in [0, 0.1) is 23.7 Å². The number of nitrogens with zero attached hydrogens (tertiary/aromatic N) is 1. The van der Waals surface area contributed by atoms with Crippen LogP contribution in [0.25, 0.3) is 0 Å². The van der Waals surface area contributed by atoms with Crippen LogP contribution in [0.5, 0.6) is 0 Å². The highest BCUT2D eigenvalue weighted by Gasteiger charge is 2.53. The molecule has 0 aromatic carbocycles. The summed E-state index contributed by atoms with van der Waals surface area (Å²) in [5.41, 5.74) is 0. The lowest BCUT2D eigenvalue weighted by molar-refractivity contribution is -0.144. The van der Waals surface area contributed by atoms with Gasteiger partial charge >= 0.3 is 0 Å². The molecule has 2 amide bonds. The number of carbonyl (C=O) groups excluding carboxylic acids is 2. The fourth-order valence-corrected chi connectivity index (χ4v) is 3.52. The molecular formula is C14H23NO3. The first-order chi connectivity index (χ1) is 8.47. The Morgan fingerprint density at radius 2 is 1.72 bits per heavy atom. The van der Waals surface area contributed by atoms with Crippen molar-refractivity contribution in [1.82, 2.24) is 4.90 Å². The van der Waals surface area contributed by atoms with E-state index in [0.29, 0.717) is 12.3 Å². The summed E-state index contributed by atoms with van der Waals surface area (Å²) in [6, 6.07) is -0.143. The molecule has 1 saturated carbocycles. The quantitative estimate of drug-likeness (QED) is 0.771. The molecule has 1 saturated heterocycles. The Bertz CT molecular complexity index is 329. The Balaban J connectivity index is 2.20. The SMILES string of the molecule is CC1CC2C(=O)N(C(CCO)C(C)C)C(=O)C2C1. The summed E-state index contributed by atoms with van der Waals surface area (Å²) in [6.07, 6.45) is 2.18. The molecule has 3 atom stereocenters. The monoisotopic (exact) mass is 253 g/mol. The van der Waals surface area contributed by atoms with Crippen molar-refractivity contribution < 1.29 is 14.7 Å². The zero-order valence-electron chi connectivity index (χ0n) is 11.4. The van der Waals surface area contributed by atoms with Gasteiger partial charge in [0.15, 0.2) is 0 Å². The third-order valence-corrected chi connectivity index (χ3v) is 4.43. The highest BCUT2D eigenvalue weighted by atomic mass is 16.3. The van der Waals surface area contributed by atoms with E-state index in [9.17, 15) is 9.59 Å². The Hall–Kier alpha value is -0.900. The van der Waals surface area contributed by atoms with E-state index in [0.717, 1.165) is 12.8 Å². The van der Waals surface area contributed by atoms with Crippen LogP contribution in [0.15, 0.2) is 0 Å². The Labute approximate surface area is 108 Å². The van der Waals surface area contributed by atoms with Gasteiger partial charge in [0.2, 0.25) is 11.8 Å². The van der Waals surface area contributed by atoms with Gasteiger partial charge in [0.1, 0.15) is 0 Å². The minimum Gasteiger partial charge on any atom is -0.396 e. The van der Waals surface area contributed by atoms with Crippen molar-refractivity contribution >= 4 is 11.8 Å². The third-order valence-electron chi connectivity index (χ3n) is 4.43. The molecule has 2 rings (SSSR count). The van der Waals surface area contributed by atoms with Crippen LogP contribution in [0.1, 0.15) is 40.0 Å². The molecule has 2 fully saturated rings. The topological polar surface area (TPSA) is 57.6 Å². The molecule has 0 spiro atoms. The Morgan fingerprint density at radius 3 is 2.11 bits per heavy atom. The molecule has 3 unspecified atom stereocenters. The zero-order valence-corrected chi connectivity index (χ0v) is 11.4. The summed E-state index contributed by atoms with van der Waals surface area (Å²) in [6.45, 7) is 6.12. The summed E-state index contributed by atoms with van der Waals surface area (Å²) in [5, 5.41) is 9.11. The van der Waals surface area contributed by atoms with Crippen molar-refractivity contribution in [2.75, 3.05) is 6.61 Å². The standard InChI is InChI=1S/C14H23NO3/c1-8(2)12(4-5-16)15-13(17)10-6-9(3)7-11(10)14(15)18/h8-12,16H,4-7H2,1-3H3. The normalized spacial score (nSPS) is 33.4. The fourth-order valence-electron chi connectivity index (χ4n) is 3.52. The van der Waals surface area contributed by atoms with Crippen LogP contribution >= 0.6 is 0 Å². The van der Waals surface area contributed by atoms with E-state index in [1.54, 1.807) is 0 Å². The lowest BCUT2D eigenvalue weighted by Crippen LogP contribution is -2.44. The van der Waals surface area contributed by atoms with Gasteiger partial charge in [0.05, 0.1) is 11.8 Å². The molecule has 18 heavy (non-hydrogen) atoms. The maximum atomic E-state index is 12.4. The molecule has 1 N–H and O–H groups in total. The van der Waals surface area contributed by atoms with Gasteiger partial charge in [-0.1, -0.05) is 20.8 Å². The molecule has 1 aliphatic carbocycles. The number of aliphatic hydroxyl groups is 1. The molecule has 0 aromatic heterocycles. The maximum Gasteiger partial charge on any atom is 0.233 e. The van der Waals surface area contributed by atoms with E-state index in [1.165, 1.54) is 4.90 Å². The summed E-state index contributed by atoms with van der Waals surface area (Å²) < 4.78 is 0. The number of amides is 2. The Kier molecular flexibility index (Phi) is 3.76. The van der Waals surface area contributed by atoms with E-state index in [4.69, 9.17) is 5.11 Å². The smallest absolute Gasteiger partial charge is 0.233 e. The second-order valence-electron chi connectivity index (χ2n) is 6.16. The van der Waals surface area contributed by atoms with Crippen molar-refractivity contribution in [3.63, 3.8) is 0 Å². The van der Waals surface area contributed by atoms with Gasteiger partial charge in [-0.15, -0.1) is 0 Å². The summed E-state index contributed by atoms with van der Waals surface area (Å²) in [4.78, 5) is 26.2. The second-order valence-corrected chi connectivity index (χ2v) is 6.16. The molecule has 4 heteroatoms. The van der Waals surface area contributed by atoms with Gasteiger partial charge in [-0.05, 0) is 31.1 Å². The number of imide groups is 1. The molecule has 4 nitrogen and oxygen atoms in total. The van der Waals surface area contributed by atoms with E-state index >= 15 is 0 Å². The number of aliphatic hydroxyl groups excluding tert-OH is 1. The second kappa shape index (κ2) is 5.00. The molecule has 0 aromatic rings. The van der Waals surface area contributed by atoms with E-state index in [2.05, 4.69) is 6.92 Å². The highest BCUT2D eigenvalue weighted by Crippen LogP contribution is 2.44. The van der Waals surface area contributed by atoms with Gasteiger partial charge < -0.3 is 5.11 Å². The van der Waals surface area contributed by atoms with E-state index in [-0.39, 0.29) is 42.2 Å². The van der Waals surface area contributed by atoms with Crippen molar-refractivity contribution in [2.45, 2.75) is 46.1 Å². The van der Waals surface area contributed by atoms with Crippen molar-refractivity contribution in [2.24, 2.45) is 23.7 Å². The number of rotatable bonds is 4. The lowest BCUT2D eigenvalue weighted by atomic mass is 9.98. The van der Waals surface area contributed by atoms with Crippen LogP contribution in [0.2, 0.25) is 0 Å². The minimum absolute atomic E-state index is 0.00139. The van der Waals surface area contributed by atoms with Gasteiger partial charge in [0.25, 0.3) is 0 Å². The number of likely N-dealkylation sites (tertiary alicyclic amines) is 1. The van der Waals surface area contributed by atoms with Crippen LogP contribution in [0.4, 0.5) is 0 Å². The number of carbonyl (C=O) groups is 2. The van der Waals surface area contributed by atoms with Crippen LogP contribution in [-0.4, -0.2) is 34.5 Å². The fraction of sp³-hybridized carbons (Fsp3) is 0.857. The molecule has 2 aliphatic rings. The summed E-state index contributed by atoms with van der Waals surface area (Å²) in [7, 11) is 0. The summed E-state index contributed by atoms with van der Waals surface area (Å²) >= 11 is 0. The molecule has 1 heterocycles. The van der Waals surface area contributed by atoms with Crippen LogP contribution in [-0.2, 0) is 9.59 Å². The zero-order chi connectivity index (χ0) is 13.4. The predicted octanol–water partition coefficient (Wildman–Crippen LogP) is 1.42. The first-order valence-electron chi connectivity index (χ1n) is 6.95. The molecule has 0 radical (unpaired) electrons. The van der Waals surface area contributed by atoms with Gasteiger partial charge in [-0.2, -0.15) is 0 Å². The maximum absolute atomic E-state index is 12.4. The lowest BCUT2D eigenvalue weighted by Gasteiger charge is -2.30. The third kappa shape index (κ3) is 2.07. The van der Waals surface area contributed by atoms with Gasteiger partial charge in [-0.25, -0.2) is 0 Å². The van der Waals surface area contributed by atoms with E-state index < -0.39 is 0 Å². The summed E-state index contributed by atoms with van der Waals surface area (Å²) in [5.74, 6) is 0.495. The van der Waals surface area contributed by atoms with Gasteiger partial charge in [0, 0.05) is 12.6 Å². The first kappa shape index (κ1) is 13.5. The van der Waals surface area contributed by atoms with Crippen LogP contribution < -0.4 is 0 Å². The predicted molar refractivity (Wildman–Crippen MR) is 67.6 cm³/mol. The number of fused-ring (bicyclic) bond motifs is 1. The highest BCUT2D eigenvalue weighted by molar-refractivity contribution is 6.05. The largest absolute Gasteiger partial charge is 0.396 e. The number of hydrogen-bond donors (Lipinski definition) is 1. The Morgan fingerprint density at radius 1 is 1.22 bits per heavy atom. The average molecular weight is 253 g/mol. The minimum atomic E-state index is -0.143. The molecule has 0 bridgehead atoms. The molecule has 102 valence electrons. The first-order valence-corrected chi connectivity index (χ1v) is 6.95. The number of hydrogen-bond acceptors (Lipinski definition) is 3. The van der Waals surface area contributed by atoms with Crippen molar-refractivity contribution in [3.8, 4) is 0 Å². The molecule has 1 aliphatic heterocycles. The van der Waals surface area contributed by atoms with Crippen LogP contribution in [0.3, 0.4) is 0 Å².